The number of hydrazine groups is 1. The summed E-state index contributed by atoms with van der Waals surface area (Å²) < 4.78 is 58.5. The van der Waals surface area contributed by atoms with Crippen molar-refractivity contribution in [1.82, 2.24) is 5.43 Å². The molecular formula is C12H16F4N2O2. The van der Waals surface area contributed by atoms with Crippen LogP contribution in [0.5, 0.6) is 5.75 Å². The molecule has 0 saturated heterocycles. The van der Waals surface area contributed by atoms with Crippen LogP contribution in [-0.4, -0.2) is 26.5 Å². The second-order valence-corrected chi connectivity index (χ2v) is 4.06. The molecule has 0 amide bonds. The fourth-order valence-electron chi connectivity index (χ4n) is 1.70. The summed E-state index contributed by atoms with van der Waals surface area (Å²) >= 11 is 0. The van der Waals surface area contributed by atoms with E-state index in [1.807, 2.05) is 0 Å². The largest absolute Gasteiger partial charge is 0.496 e. The zero-order chi connectivity index (χ0) is 15.2. The Balaban J connectivity index is 2.64. The van der Waals surface area contributed by atoms with Crippen molar-refractivity contribution in [1.29, 1.82) is 0 Å². The van der Waals surface area contributed by atoms with Gasteiger partial charge in [0.05, 0.1) is 13.2 Å². The van der Waals surface area contributed by atoms with E-state index in [9.17, 15) is 17.6 Å². The first kappa shape index (κ1) is 16.7. The minimum Gasteiger partial charge on any atom is -0.496 e. The first-order valence-corrected chi connectivity index (χ1v) is 5.81. The van der Waals surface area contributed by atoms with Gasteiger partial charge in [-0.15, -0.1) is 0 Å². The fraction of sp³-hybridized carbons (Fsp3) is 0.500. The Morgan fingerprint density at radius 1 is 1.35 bits per heavy atom. The highest BCUT2D eigenvalue weighted by molar-refractivity contribution is 5.36. The van der Waals surface area contributed by atoms with E-state index in [0.29, 0.717) is 11.3 Å². The molecule has 0 aliphatic rings. The highest BCUT2D eigenvalue weighted by Crippen LogP contribution is 2.27. The summed E-state index contributed by atoms with van der Waals surface area (Å²) in [5.74, 6) is 5.25. The first-order chi connectivity index (χ1) is 9.37. The van der Waals surface area contributed by atoms with Crippen LogP contribution in [0.25, 0.3) is 0 Å². The molecule has 0 fully saturated rings. The van der Waals surface area contributed by atoms with Crippen LogP contribution in [0.1, 0.15) is 18.0 Å². The van der Waals surface area contributed by atoms with Gasteiger partial charge in [-0.25, -0.2) is 4.39 Å². The second kappa shape index (κ2) is 7.41. The summed E-state index contributed by atoms with van der Waals surface area (Å²) in [6.07, 6.45) is -4.23. The van der Waals surface area contributed by atoms with Crippen molar-refractivity contribution in [2.45, 2.75) is 18.6 Å². The van der Waals surface area contributed by atoms with Gasteiger partial charge >= 0.3 is 6.18 Å². The quantitative estimate of drug-likeness (QED) is 0.351. The molecule has 3 N–H and O–H groups in total. The van der Waals surface area contributed by atoms with Crippen molar-refractivity contribution >= 4 is 0 Å². The third-order valence-electron chi connectivity index (χ3n) is 2.58. The molecule has 1 atom stereocenters. The van der Waals surface area contributed by atoms with Crippen molar-refractivity contribution in [3.63, 3.8) is 0 Å². The average Bonchev–Trinajstić information content (AvgIpc) is 2.37. The minimum atomic E-state index is -4.37. The van der Waals surface area contributed by atoms with Gasteiger partial charge in [-0.1, -0.05) is 0 Å². The predicted molar refractivity (Wildman–Crippen MR) is 64.5 cm³/mol. The Labute approximate surface area is 113 Å². The smallest absolute Gasteiger partial charge is 0.411 e. The third-order valence-corrected chi connectivity index (χ3v) is 2.58. The molecule has 0 heterocycles. The number of benzene rings is 1. The third kappa shape index (κ3) is 5.32. The van der Waals surface area contributed by atoms with Crippen LogP contribution in [-0.2, 0) is 4.74 Å². The SMILES string of the molecule is COc1ccc(F)cc1C(CCOCC(F)(F)F)NN. The van der Waals surface area contributed by atoms with Crippen LogP contribution >= 0.6 is 0 Å². The highest BCUT2D eigenvalue weighted by Gasteiger charge is 2.27. The van der Waals surface area contributed by atoms with Gasteiger partial charge in [0.1, 0.15) is 18.2 Å². The second-order valence-electron chi connectivity index (χ2n) is 4.06. The number of rotatable bonds is 7. The number of ether oxygens (including phenoxy) is 2. The van der Waals surface area contributed by atoms with Crippen molar-refractivity contribution in [3.8, 4) is 5.75 Å². The van der Waals surface area contributed by atoms with Crippen LogP contribution in [0.15, 0.2) is 18.2 Å². The van der Waals surface area contributed by atoms with Gasteiger partial charge in [0, 0.05) is 12.2 Å². The Hall–Kier alpha value is -1.38. The van der Waals surface area contributed by atoms with E-state index in [1.54, 1.807) is 0 Å². The van der Waals surface area contributed by atoms with Gasteiger partial charge in [-0.3, -0.25) is 11.3 Å². The van der Waals surface area contributed by atoms with E-state index in [1.165, 1.54) is 25.3 Å². The number of hydrogen-bond acceptors (Lipinski definition) is 4. The molecule has 8 heteroatoms. The topological polar surface area (TPSA) is 56.5 Å². The Morgan fingerprint density at radius 2 is 2.05 bits per heavy atom. The van der Waals surface area contributed by atoms with Crippen molar-refractivity contribution in [2.75, 3.05) is 20.3 Å². The number of halogens is 4. The van der Waals surface area contributed by atoms with Crippen molar-refractivity contribution in [2.24, 2.45) is 5.84 Å². The summed E-state index contributed by atoms with van der Waals surface area (Å²) in [7, 11) is 1.41. The first-order valence-electron chi connectivity index (χ1n) is 5.81. The molecule has 0 aliphatic carbocycles. The monoisotopic (exact) mass is 296 g/mol. The molecule has 0 radical (unpaired) electrons. The Kier molecular flexibility index (Phi) is 6.18. The lowest BCUT2D eigenvalue weighted by atomic mass is 10.0. The summed E-state index contributed by atoms with van der Waals surface area (Å²) in [6, 6.07) is 3.28. The maximum Gasteiger partial charge on any atom is 0.411 e. The van der Waals surface area contributed by atoms with Gasteiger partial charge in [0.2, 0.25) is 0 Å². The maximum absolute atomic E-state index is 13.2. The summed E-state index contributed by atoms with van der Waals surface area (Å²) in [5, 5.41) is 0. The van der Waals surface area contributed by atoms with E-state index in [4.69, 9.17) is 10.6 Å². The van der Waals surface area contributed by atoms with Crippen molar-refractivity contribution in [3.05, 3.63) is 29.6 Å². The molecule has 1 aromatic carbocycles. The molecule has 20 heavy (non-hydrogen) atoms. The predicted octanol–water partition coefficient (Wildman–Crippen LogP) is 2.31. The number of alkyl halides is 3. The van der Waals surface area contributed by atoms with Gasteiger partial charge < -0.3 is 9.47 Å². The summed E-state index contributed by atoms with van der Waals surface area (Å²) in [4.78, 5) is 0. The molecule has 114 valence electrons. The normalized spacial score (nSPS) is 13.3. The maximum atomic E-state index is 13.2. The number of methoxy groups -OCH3 is 1. The van der Waals surface area contributed by atoms with E-state index < -0.39 is 24.6 Å². The standard InChI is InChI=1S/C12H16F4N2O2/c1-19-11-3-2-8(13)6-9(11)10(18-17)4-5-20-7-12(14,15)16/h2-3,6,10,18H,4-5,7,17H2,1H3. The van der Waals surface area contributed by atoms with Gasteiger partial charge in [-0.2, -0.15) is 13.2 Å². The molecule has 0 aliphatic heterocycles. The van der Waals surface area contributed by atoms with Crippen LogP contribution in [0.3, 0.4) is 0 Å². The lowest BCUT2D eigenvalue weighted by Gasteiger charge is -2.19. The van der Waals surface area contributed by atoms with Crippen molar-refractivity contribution < 1.29 is 27.0 Å². The number of nitrogens with one attached hydrogen (secondary N) is 1. The van der Waals surface area contributed by atoms with Crippen LogP contribution in [0.4, 0.5) is 17.6 Å². The lowest BCUT2D eigenvalue weighted by Crippen LogP contribution is -2.30. The molecule has 1 unspecified atom stereocenters. The van der Waals surface area contributed by atoms with Gasteiger partial charge in [-0.05, 0) is 24.6 Å². The molecule has 0 aromatic heterocycles. The van der Waals surface area contributed by atoms with Gasteiger partial charge in [0.15, 0.2) is 0 Å². The van der Waals surface area contributed by atoms with E-state index in [0.717, 1.165) is 0 Å². The molecule has 0 spiro atoms. The molecular weight excluding hydrogens is 280 g/mol. The van der Waals surface area contributed by atoms with Gasteiger partial charge in [0.25, 0.3) is 0 Å². The average molecular weight is 296 g/mol. The zero-order valence-corrected chi connectivity index (χ0v) is 10.8. The highest BCUT2D eigenvalue weighted by atomic mass is 19.4. The molecule has 1 rings (SSSR count). The minimum absolute atomic E-state index is 0.145. The molecule has 4 nitrogen and oxygen atoms in total. The van der Waals surface area contributed by atoms with E-state index >= 15 is 0 Å². The number of nitrogens with two attached hydrogens (primary N) is 1. The Morgan fingerprint density at radius 3 is 2.60 bits per heavy atom. The van der Waals surface area contributed by atoms with Crippen LogP contribution in [0.2, 0.25) is 0 Å². The van der Waals surface area contributed by atoms with E-state index in [2.05, 4.69) is 10.2 Å². The fourth-order valence-corrected chi connectivity index (χ4v) is 1.70. The summed E-state index contributed by atoms with van der Waals surface area (Å²) in [6.45, 7) is -1.50. The molecule has 0 bridgehead atoms. The van der Waals surface area contributed by atoms with Crippen LogP contribution in [0, 0.1) is 5.82 Å². The molecule has 1 aromatic rings. The van der Waals surface area contributed by atoms with Crippen LogP contribution < -0.4 is 16.0 Å². The van der Waals surface area contributed by atoms with E-state index in [-0.39, 0.29) is 13.0 Å². The zero-order valence-electron chi connectivity index (χ0n) is 10.8. The molecule has 0 saturated carbocycles. The summed E-state index contributed by atoms with van der Waals surface area (Å²) in [5.41, 5.74) is 2.83. The lowest BCUT2D eigenvalue weighted by molar-refractivity contribution is -0.174. The number of hydrogen-bond donors (Lipinski definition) is 2. The Bertz CT molecular complexity index is 426.